The molecule has 0 saturated carbocycles. The molecule has 4 atom stereocenters. The number of fused-ring (bicyclic) bond motifs is 3. The molecule has 178 valence electrons. The van der Waals surface area contributed by atoms with Crippen LogP contribution < -0.4 is 4.90 Å². The Labute approximate surface area is 195 Å². The van der Waals surface area contributed by atoms with E-state index < -0.39 is 58.2 Å². The molecule has 9 nitrogen and oxygen atoms in total. The number of nitro groups is 1. The van der Waals surface area contributed by atoms with Crippen LogP contribution >= 0.6 is 0 Å². The van der Waals surface area contributed by atoms with Crippen LogP contribution in [0.2, 0.25) is 0 Å². The second-order valence-electron chi connectivity index (χ2n) is 8.25. The third-order valence-corrected chi connectivity index (χ3v) is 6.33. The van der Waals surface area contributed by atoms with Gasteiger partial charge >= 0.3 is 6.18 Å². The summed E-state index contributed by atoms with van der Waals surface area (Å²) < 4.78 is 39.7. The van der Waals surface area contributed by atoms with Crippen molar-refractivity contribution >= 4 is 35.2 Å². The fraction of sp³-hybridized carbons (Fsp3) is 0.217. The van der Waals surface area contributed by atoms with Gasteiger partial charge in [0.1, 0.15) is 6.04 Å². The van der Waals surface area contributed by atoms with Crippen molar-refractivity contribution in [2.75, 3.05) is 4.90 Å². The summed E-state index contributed by atoms with van der Waals surface area (Å²) in [7, 11) is 0. The van der Waals surface area contributed by atoms with E-state index >= 15 is 0 Å². The van der Waals surface area contributed by atoms with E-state index in [0.29, 0.717) is 11.0 Å². The van der Waals surface area contributed by atoms with Crippen molar-refractivity contribution in [3.05, 3.63) is 81.9 Å². The van der Waals surface area contributed by atoms with Gasteiger partial charge < -0.3 is 0 Å². The van der Waals surface area contributed by atoms with Gasteiger partial charge in [0.15, 0.2) is 5.78 Å². The van der Waals surface area contributed by atoms with E-state index in [1.54, 1.807) is 12.2 Å². The van der Waals surface area contributed by atoms with Crippen LogP contribution in [-0.2, 0) is 15.8 Å². The molecule has 3 aliphatic heterocycles. The van der Waals surface area contributed by atoms with Gasteiger partial charge in [0.25, 0.3) is 5.69 Å². The maximum absolute atomic E-state index is 13.5. The van der Waals surface area contributed by atoms with E-state index in [9.17, 15) is 37.7 Å². The number of benzene rings is 2. The average molecular weight is 484 g/mol. The lowest BCUT2D eigenvalue weighted by atomic mass is 9.86. The molecule has 5 rings (SSSR count). The smallest absolute Gasteiger partial charge is 0.292 e. The highest BCUT2D eigenvalue weighted by molar-refractivity contribution is 6.24. The van der Waals surface area contributed by atoms with Crippen LogP contribution in [0.4, 0.5) is 24.5 Å². The van der Waals surface area contributed by atoms with Crippen LogP contribution in [0.5, 0.6) is 0 Å². The number of hydrogen-bond acceptors (Lipinski definition) is 7. The fourth-order valence-electron chi connectivity index (χ4n) is 4.86. The number of allylic oxidation sites excluding steroid dienone is 1. The van der Waals surface area contributed by atoms with Crippen molar-refractivity contribution in [1.82, 2.24) is 5.01 Å². The minimum Gasteiger partial charge on any atom is -0.292 e. The number of carbonyl (C=O) groups excluding carboxylic acids is 3. The molecule has 0 N–H and O–H groups in total. The van der Waals surface area contributed by atoms with Gasteiger partial charge in [0.2, 0.25) is 11.8 Å². The van der Waals surface area contributed by atoms with Gasteiger partial charge in [-0.25, -0.2) is 4.90 Å². The molecular formula is C23H15F3N4O5. The Bertz CT molecular complexity index is 1340. The number of halogens is 3. The summed E-state index contributed by atoms with van der Waals surface area (Å²) in [5.74, 6) is -4.55. The zero-order valence-electron chi connectivity index (χ0n) is 17.6. The molecule has 2 aromatic carbocycles. The molecule has 0 radical (unpaired) electrons. The molecule has 0 aliphatic carbocycles. The molecule has 2 amide bonds. The molecule has 2 fully saturated rings. The summed E-state index contributed by atoms with van der Waals surface area (Å²) in [5.41, 5.74) is -1.66. The van der Waals surface area contributed by atoms with Gasteiger partial charge in [0, 0.05) is 23.9 Å². The first kappa shape index (κ1) is 22.4. The van der Waals surface area contributed by atoms with E-state index in [-0.39, 0.29) is 16.9 Å². The zero-order valence-corrected chi connectivity index (χ0v) is 17.6. The summed E-state index contributed by atoms with van der Waals surface area (Å²) in [6, 6.07) is 6.73. The van der Waals surface area contributed by atoms with Gasteiger partial charge in [-0.1, -0.05) is 24.3 Å². The summed E-state index contributed by atoms with van der Waals surface area (Å²) >= 11 is 0. The van der Waals surface area contributed by atoms with E-state index in [0.717, 1.165) is 18.2 Å². The normalized spacial score (nSPS) is 25.1. The number of alkyl halides is 3. The monoisotopic (exact) mass is 484 g/mol. The Kier molecular flexibility index (Phi) is 5.04. The number of hydrogen-bond donors (Lipinski definition) is 0. The fourth-order valence-corrected chi connectivity index (χ4v) is 4.86. The third kappa shape index (κ3) is 3.49. The third-order valence-electron chi connectivity index (χ3n) is 6.33. The number of rotatable bonds is 4. The number of hydrazone groups is 1. The Morgan fingerprint density at radius 3 is 2.46 bits per heavy atom. The maximum Gasteiger partial charge on any atom is 0.416 e. The first-order valence-electron chi connectivity index (χ1n) is 10.4. The topological polar surface area (TPSA) is 113 Å². The van der Waals surface area contributed by atoms with Crippen molar-refractivity contribution in [3.8, 4) is 0 Å². The number of nitro benzene ring substituents is 1. The zero-order chi connectivity index (χ0) is 25.1. The number of Topliss-reactive ketones (excluding diaryl/α,β-unsaturated/α-hetero) is 1. The first-order chi connectivity index (χ1) is 16.6. The predicted molar refractivity (Wildman–Crippen MR) is 115 cm³/mol. The molecule has 12 heteroatoms. The van der Waals surface area contributed by atoms with Gasteiger partial charge in [-0.3, -0.25) is 29.5 Å². The van der Waals surface area contributed by atoms with Crippen LogP contribution in [-0.4, -0.2) is 45.8 Å². The molecule has 3 heterocycles. The molecule has 3 aliphatic rings. The van der Waals surface area contributed by atoms with Crippen LogP contribution in [0, 0.1) is 22.0 Å². The van der Waals surface area contributed by atoms with Crippen molar-refractivity contribution in [2.45, 2.75) is 18.3 Å². The standard InChI is InChI=1S/C23H15F3N4O5/c24-23(25,26)13-5-2-6-14(11-13)28-21(32)17-16-8-3-9-27-29(16)19(18(17)22(28)33)20(31)12-4-1-7-15(10-12)30(34)35/h1-11,16-19H/t16-,17-,18+,19-/m0/s1. The summed E-state index contributed by atoms with van der Waals surface area (Å²) in [6.45, 7) is 0. The quantitative estimate of drug-likeness (QED) is 0.285. The number of non-ortho nitro benzene ring substituents is 1. The van der Waals surface area contributed by atoms with Crippen molar-refractivity contribution in [2.24, 2.45) is 16.9 Å². The predicted octanol–water partition coefficient (Wildman–Crippen LogP) is 3.21. The van der Waals surface area contributed by atoms with E-state index in [1.165, 1.54) is 35.5 Å². The summed E-state index contributed by atoms with van der Waals surface area (Å²) in [5, 5.41) is 16.6. The minimum absolute atomic E-state index is 0.0499. The molecule has 35 heavy (non-hydrogen) atoms. The van der Waals surface area contributed by atoms with E-state index in [2.05, 4.69) is 5.10 Å². The second-order valence-corrected chi connectivity index (χ2v) is 8.25. The van der Waals surface area contributed by atoms with Crippen molar-refractivity contribution in [1.29, 1.82) is 0 Å². The number of ketones is 1. The highest BCUT2D eigenvalue weighted by Gasteiger charge is 2.64. The molecular weight excluding hydrogens is 469 g/mol. The van der Waals surface area contributed by atoms with Gasteiger partial charge in [-0.2, -0.15) is 18.3 Å². The van der Waals surface area contributed by atoms with Gasteiger partial charge in [-0.05, 0) is 24.3 Å². The first-order valence-corrected chi connectivity index (χ1v) is 10.4. The Balaban J connectivity index is 1.57. The lowest BCUT2D eigenvalue weighted by Crippen LogP contribution is -2.46. The highest BCUT2D eigenvalue weighted by atomic mass is 19.4. The highest BCUT2D eigenvalue weighted by Crippen LogP contribution is 2.46. The number of imide groups is 1. The Hall–Kier alpha value is -4.35. The van der Waals surface area contributed by atoms with Crippen LogP contribution in [0.3, 0.4) is 0 Å². The number of amides is 2. The van der Waals surface area contributed by atoms with Crippen LogP contribution in [0.25, 0.3) is 0 Å². The van der Waals surface area contributed by atoms with Crippen molar-refractivity contribution < 1.29 is 32.5 Å². The second kappa shape index (κ2) is 7.86. The minimum atomic E-state index is -4.68. The Morgan fingerprint density at radius 1 is 1.03 bits per heavy atom. The lowest BCUT2D eigenvalue weighted by molar-refractivity contribution is -0.384. The number of carbonyl (C=O) groups is 3. The molecule has 2 saturated heterocycles. The summed E-state index contributed by atoms with van der Waals surface area (Å²) in [6.07, 6.45) is -0.171. The van der Waals surface area contributed by atoms with Gasteiger partial charge in [-0.15, -0.1) is 0 Å². The number of anilines is 1. The molecule has 0 aromatic heterocycles. The number of nitrogens with zero attached hydrogens (tertiary/aromatic N) is 4. The van der Waals surface area contributed by atoms with Crippen molar-refractivity contribution in [3.63, 3.8) is 0 Å². The molecule has 0 spiro atoms. The molecule has 0 unspecified atom stereocenters. The van der Waals surface area contributed by atoms with E-state index in [4.69, 9.17) is 0 Å². The van der Waals surface area contributed by atoms with Gasteiger partial charge in [0.05, 0.1) is 34.1 Å². The summed E-state index contributed by atoms with van der Waals surface area (Å²) in [4.78, 5) is 51.5. The maximum atomic E-state index is 13.5. The Morgan fingerprint density at radius 2 is 1.74 bits per heavy atom. The van der Waals surface area contributed by atoms with Crippen LogP contribution in [0.1, 0.15) is 15.9 Å². The van der Waals surface area contributed by atoms with E-state index in [1.807, 2.05) is 0 Å². The molecule has 2 aromatic rings. The largest absolute Gasteiger partial charge is 0.416 e. The lowest BCUT2D eigenvalue weighted by Gasteiger charge is -2.30. The van der Waals surface area contributed by atoms with Crippen LogP contribution in [0.15, 0.2) is 65.8 Å². The SMILES string of the molecule is O=C(c1cccc([N+](=O)[O-])c1)[C@@H]1[C@@H]2C(=O)N(c3cccc(C(F)(F)F)c3)C(=O)[C@H]2[C@@H]2C=CC=NN12. The average Bonchev–Trinajstić information content (AvgIpc) is 3.30. The molecule has 0 bridgehead atoms.